The lowest BCUT2D eigenvalue weighted by Crippen LogP contribution is -2.27. The lowest BCUT2D eigenvalue weighted by atomic mass is 9.91. The summed E-state index contributed by atoms with van der Waals surface area (Å²) < 4.78 is 4.96. The molecular weight excluding hydrogens is 340 g/mol. The van der Waals surface area contributed by atoms with Gasteiger partial charge in [0.1, 0.15) is 0 Å². The Labute approximate surface area is 168 Å². The van der Waals surface area contributed by atoms with Crippen LogP contribution in [0.5, 0.6) is 0 Å². The number of hydrogen-bond acceptors (Lipinski definition) is 4. The Morgan fingerprint density at radius 2 is 1.15 bits per heavy atom. The van der Waals surface area contributed by atoms with Crippen LogP contribution in [-0.2, 0) is 9.53 Å². The molecule has 0 aliphatic carbocycles. The van der Waals surface area contributed by atoms with Crippen LogP contribution in [0.3, 0.4) is 0 Å². The van der Waals surface area contributed by atoms with Crippen molar-refractivity contribution in [2.24, 2.45) is 23.7 Å². The molecule has 4 heteroatoms. The van der Waals surface area contributed by atoms with Crippen LogP contribution >= 0.6 is 0 Å². The van der Waals surface area contributed by atoms with Gasteiger partial charge in [-0.15, -0.1) is 0 Å². The van der Waals surface area contributed by atoms with Crippen molar-refractivity contribution in [1.82, 2.24) is 0 Å². The molecule has 0 saturated carbocycles. The Morgan fingerprint density at radius 1 is 0.741 bits per heavy atom. The van der Waals surface area contributed by atoms with Gasteiger partial charge in [-0.05, 0) is 30.1 Å². The molecule has 4 nitrogen and oxygen atoms in total. The second-order valence-electron chi connectivity index (χ2n) is 9.16. The summed E-state index contributed by atoms with van der Waals surface area (Å²) in [7, 11) is 0. The zero-order valence-corrected chi connectivity index (χ0v) is 18.6. The van der Waals surface area contributed by atoms with Gasteiger partial charge in [-0.2, -0.15) is 0 Å². The molecule has 0 aromatic carbocycles. The summed E-state index contributed by atoms with van der Waals surface area (Å²) in [5.74, 6) is 2.27. The van der Waals surface area contributed by atoms with Crippen molar-refractivity contribution in [3.05, 3.63) is 0 Å². The van der Waals surface area contributed by atoms with Crippen LogP contribution in [0.25, 0.3) is 0 Å². The van der Waals surface area contributed by atoms with Gasteiger partial charge in [-0.1, -0.05) is 92.4 Å². The molecule has 0 bridgehead atoms. The van der Waals surface area contributed by atoms with E-state index < -0.39 is 18.7 Å². The van der Waals surface area contributed by atoms with Crippen LogP contribution in [-0.4, -0.2) is 35.5 Å². The van der Waals surface area contributed by atoms with E-state index in [9.17, 15) is 4.79 Å². The first-order valence-corrected chi connectivity index (χ1v) is 11.2. The minimum Gasteiger partial charge on any atom is -0.464 e. The van der Waals surface area contributed by atoms with Crippen molar-refractivity contribution in [3.8, 4) is 0 Å². The summed E-state index contributed by atoms with van der Waals surface area (Å²) in [5, 5.41) is 17.8. The Kier molecular flexibility index (Phi) is 16.0. The smallest absolute Gasteiger partial charge is 0.337 e. The van der Waals surface area contributed by atoms with Gasteiger partial charge in [-0.25, -0.2) is 4.79 Å². The number of esters is 1. The van der Waals surface area contributed by atoms with Crippen LogP contribution < -0.4 is 0 Å². The summed E-state index contributed by atoms with van der Waals surface area (Å²) in [5.41, 5.74) is 0. The lowest BCUT2D eigenvalue weighted by molar-refractivity contribution is -0.155. The molecule has 162 valence electrons. The molecule has 0 amide bonds. The Hall–Kier alpha value is -0.610. The molecule has 0 radical (unpaired) electrons. The van der Waals surface area contributed by atoms with Crippen molar-refractivity contribution in [2.75, 3.05) is 13.2 Å². The number of rotatable bonds is 17. The van der Waals surface area contributed by atoms with Gasteiger partial charge in [0.2, 0.25) is 0 Å². The number of aliphatic hydroxyl groups is 2. The van der Waals surface area contributed by atoms with Crippen molar-refractivity contribution < 1.29 is 19.7 Å². The second-order valence-corrected chi connectivity index (χ2v) is 9.16. The van der Waals surface area contributed by atoms with Gasteiger partial charge < -0.3 is 14.9 Å². The normalized spacial score (nSPS) is 16.1. The molecule has 0 heterocycles. The molecule has 4 unspecified atom stereocenters. The van der Waals surface area contributed by atoms with Crippen LogP contribution in [0.15, 0.2) is 0 Å². The summed E-state index contributed by atoms with van der Waals surface area (Å²) >= 11 is 0. The largest absolute Gasteiger partial charge is 0.464 e. The number of aliphatic hydroxyl groups excluding tert-OH is 2. The van der Waals surface area contributed by atoms with Crippen molar-refractivity contribution in [3.63, 3.8) is 0 Å². The third-order valence-electron chi connectivity index (χ3n) is 5.57. The molecule has 2 N–H and O–H groups in total. The van der Waals surface area contributed by atoms with Crippen molar-refractivity contribution in [2.45, 2.75) is 105 Å². The molecule has 0 rings (SSSR count). The fourth-order valence-corrected chi connectivity index (χ4v) is 3.47. The number of ether oxygens (including phenoxy) is 1. The Bertz CT molecular complexity index is 356. The van der Waals surface area contributed by atoms with Crippen molar-refractivity contribution >= 4 is 5.97 Å². The average molecular weight is 387 g/mol. The topological polar surface area (TPSA) is 66.8 Å². The maximum atomic E-state index is 11.3. The van der Waals surface area contributed by atoms with E-state index in [0.29, 0.717) is 12.5 Å². The molecule has 0 aromatic heterocycles. The summed E-state index contributed by atoms with van der Waals surface area (Å²) in [6.45, 7) is 11.3. The van der Waals surface area contributed by atoms with Crippen LogP contribution in [0.1, 0.15) is 98.8 Å². The van der Waals surface area contributed by atoms with Crippen LogP contribution in [0.4, 0.5) is 0 Å². The molecule has 0 aliphatic heterocycles. The number of carbonyl (C=O) groups excluding carboxylic acids is 1. The van der Waals surface area contributed by atoms with Crippen LogP contribution in [0, 0.1) is 23.7 Å². The zero-order valence-electron chi connectivity index (χ0n) is 18.6. The molecule has 0 saturated heterocycles. The first kappa shape index (κ1) is 26.4. The zero-order chi connectivity index (χ0) is 20.7. The molecule has 4 atom stereocenters. The standard InChI is InChI=1S/C23H46O4/c1-18(2)9-6-10-19(3)11-7-12-20(4)13-8-14-21(5)15-16-27-23(26)22(25)17-24/h18-22,24-25H,6-17H2,1-5H3. The Balaban J connectivity index is 3.61. The Morgan fingerprint density at radius 3 is 1.56 bits per heavy atom. The van der Waals surface area contributed by atoms with Gasteiger partial charge in [0, 0.05) is 0 Å². The van der Waals surface area contributed by atoms with E-state index in [1.807, 2.05) is 0 Å². The van der Waals surface area contributed by atoms with E-state index >= 15 is 0 Å². The molecular formula is C23H46O4. The highest BCUT2D eigenvalue weighted by Gasteiger charge is 2.15. The van der Waals surface area contributed by atoms with Gasteiger partial charge in [0.25, 0.3) is 0 Å². The van der Waals surface area contributed by atoms with E-state index in [0.717, 1.165) is 30.6 Å². The third kappa shape index (κ3) is 16.1. The molecule has 0 aromatic rings. The number of hydrogen-bond donors (Lipinski definition) is 2. The van der Waals surface area contributed by atoms with E-state index in [1.54, 1.807) is 0 Å². The minimum atomic E-state index is -1.40. The molecule has 0 spiro atoms. The fraction of sp³-hybridized carbons (Fsp3) is 0.957. The number of carbonyl (C=O) groups is 1. The van der Waals surface area contributed by atoms with Gasteiger partial charge in [0.15, 0.2) is 6.10 Å². The highest BCUT2D eigenvalue weighted by molar-refractivity contribution is 5.74. The lowest BCUT2D eigenvalue weighted by Gasteiger charge is -2.16. The maximum absolute atomic E-state index is 11.3. The first-order valence-electron chi connectivity index (χ1n) is 11.2. The predicted octanol–water partition coefficient (Wildman–Crippen LogP) is 5.35. The van der Waals surface area contributed by atoms with Crippen molar-refractivity contribution in [1.29, 1.82) is 0 Å². The summed E-state index contributed by atoms with van der Waals surface area (Å²) in [6.07, 6.45) is 11.2. The molecule has 0 fully saturated rings. The highest BCUT2D eigenvalue weighted by atomic mass is 16.5. The third-order valence-corrected chi connectivity index (χ3v) is 5.57. The highest BCUT2D eigenvalue weighted by Crippen LogP contribution is 2.22. The first-order chi connectivity index (χ1) is 12.8. The minimum absolute atomic E-state index is 0.321. The van der Waals surface area contributed by atoms with Gasteiger partial charge in [0.05, 0.1) is 13.2 Å². The van der Waals surface area contributed by atoms with Gasteiger partial charge >= 0.3 is 5.97 Å². The van der Waals surface area contributed by atoms with E-state index in [1.165, 1.54) is 51.4 Å². The molecule has 27 heavy (non-hydrogen) atoms. The summed E-state index contributed by atoms with van der Waals surface area (Å²) in [4.78, 5) is 11.3. The van der Waals surface area contributed by atoms with Crippen LogP contribution in [0.2, 0.25) is 0 Å². The van der Waals surface area contributed by atoms with E-state index in [4.69, 9.17) is 14.9 Å². The van der Waals surface area contributed by atoms with Gasteiger partial charge in [-0.3, -0.25) is 0 Å². The quantitative estimate of drug-likeness (QED) is 0.331. The fourth-order valence-electron chi connectivity index (χ4n) is 3.47. The average Bonchev–Trinajstić information content (AvgIpc) is 2.60. The molecule has 0 aliphatic rings. The van der Waals surface area contributed by atoms with E-state index in [2.05, 4.69) is 34.6 Å². The predicted molar refractivity (Wildman–Crippen MR) is 113 cm³/mol. The monoisotopic (exact) mass is 386 g/mol. The van der Waals surface area contributed by atoms with E-state index in [-0.39, 0.29) is 0 Å². The second kappa shape index (κ2) is 16.4. The maximum Gasteiger partial charge on any atom is 0.337 e. The summed E-state index contributed by atoms with van der Waals surface area (Å²) in [6, 6.07) is 0. The SMILES string of the molecule is CC(C)CCCC(C)CCCC(C)CCCC(C)CCOC(=O)C(O)CO.